The minimum atomic E-state index is -0.0383. The van der Waals surface area contributed by atoms with Crippen LogP contribution in [0.2, 0.25) is 0 Å². The Morgan fingerprint density at radius 2 is 1.67 bits per heavy atom. The molecule has 3 nitrogen and oxygen atoms in total. The molecule has 0 saturated heterocycles. The molecule has 2 N–H and O–H groups in total. The highest BCUT2D eigenvalue weighted by molar-refractivity contribution is 5.57. The number of hydrogen-bond donors (Lipinski definition) is 1. The first-order valence-electron chi connectivity index (χ1n) is 7.50. The van der Waals surface area contributed by atoms with Crippen LogP contribution in [0.4, 0.5) is 5.82 Å². The molecule has 1 aromatic heterocycles. The summed E-state index contributed by atoms with van der Waals surface area (Å²) in [6.07, 6.45) is 1.09. The average Bonchev–Trinajstić information content (AvgIpc) is 2.37. The van der Waals surface area contributed by atoms with Crippen molar-refractivity contribution >= 4 is 5.82 Å². The lowest BCUT2D eigenvalue weighted by Gasteiger charge is -2.18. The van der Waals surface area contributed by atoms with Crippen molar-refractivity contribution < 1.29 is 0 Å². The van der Waals surface area contributed by atoms with E-state index in [4.69, 9.17) is 5.73 Å². The summed E-state index contributed by atoms with van der Waals surface area (Å²) < 4.78 is 0. The van der Waals surface area contributed by atoms with Gasteiger partial charge < -0.3 is 5.73 Å². The van der Waals surface area contributed by atoms with E-state index in [9.17, 15) is 0 Å². The van der Waals surface area contributed by atoms with Gasteiger partial charge in [-0.2, -0.15) is 0 Å². The van der Waals surface area contributed by atoms with Crippen molar-refractivity contribution in [1.29, 1.82) is 0 Å². The zero-order valence-electron chi connectivity index (χ0n) is 13.6. The van der Waals surface area contributed by atoms with E-state index in [-0.39, 0.29) is 5.41 Å². The molecule has 0 aliphatic rings. The Kier molecular flexibility index (Phi) is 4.31. The fourth-order valence-corrected chi connectivity index (χ4v) is 2.24. The summed E-state index contributed by atoms with van der Waals surface area (Å²) in [4.78, 5) is 9.05. The van der Waals surface area contributed by atoms with Crippen molar-refractivity contribution in [3.8, 4) is 11.4 Å². The smallest absolute Gasteiger partial charge is 0.161 e. The van der Waals surface area contributed by atoms with Crippen molar-refractivity contribution in [2.45, 2.75) is 46.5 Å². The van der Waals surface area contributed by atoms with Gasteiger partial charge in [0.2, 0.25) is 0 Å². The maximum atomic E-state index is 5.94. The molecule has 0 unspecified atom stereocenters. The monoisotopic (exact) mass is 283 g/mol. The molecule has 1 aromatic carbocycles. The van der Waals surface area contributed by atoms with E-state index < -0.39 is 0 Å². The first kappa shape index (κ1) is 15.5. The molecule has 0 amide bonds. The fourth-order valence-electron chi connectivity index (χ4n) is 2.24. The number of hydrogen-bond acceptors (Lipinski definition) is 3. The van der Waals surface area contributed by atoms with Crippen LogP contribution in [-0.4, -0.2) is 9.97 Å². The number of rotatable bonds is 3. The largest absolute Gasteiger partial charge is 0.384 e. The lowest BCUT2D eigenvalue weighted by atomic mass is 9.91. The normalized spacial score (nSPS) is 11.9. The highest BCUT2D eigenvalue weighted by atomic mass is 14.9. The summed E-state index contributed by atoms with van der Waals surface area (Å²) >= 11 is 0. The number of nitrogen functional groups attached to an aromatic ring is 1. The molecule has 2 rings (SSSR count). The maximum absolute atomic E-state index is 5.94. The molecule has 0 fully saturated rings. The molecular weight excluding hydrogens is 258 g/mol. The van der Waals surface area contributed by atoms with E-state index in [1.54, 1.807) is 0 Å². The SMILES string of the molecule is CC(C)Cc1ccc(-c2nc(N)cc(C(C)(C)C)n2)cc1. The van der Waals surface area contributed by atoms with Gasteiger partial charge in [0.1, 0.15) is 5.82 Å². The van der Waals surface area contributed by atoms with Crippen molar-refractivity contribution in [2.75, 3.05) is 5.73 Å². The lowest BCUT2D eigenvalue weighted by Crippen LogP contribution is -2.15. The Balaban J connectivity index is 2.35. The number of aromatic nitrogens is 2. The van der Waals surface area contributed by atoms with Crippen LogP contribution in [0, 0.1) is 5.92 Å². The third-order valence-corrected chi connectivity index (χ3v) is 3.37. The van der Waals surface area contributed by atoms with Crippen molar-refractivity contribution in [2.24, 2.45) is 5.92 Å². The van der Waals surface area contributed by atoms with Gasteiger partial charge in [-0.1, -0.05) is 58.9 Å². The van der Waals surface area contributed by atoms with Crippen molar-refractivity contribution in [3.63, 3.8) is 0 Å². The van der Waals surface area contributed by atoms with Crippen LogP contribution in [0.3, 0.4) is 0 Å². The van der Waals surface area contributed by atoms with Crippen molar-refractivity contribution in [3.05, 3.63) is 41.6 Å². The third-order valence-electron chi connectivity index (χ3n) is 3.37. The van der Waals surface area contributed by atoms with E-state index in [0.29, 0.717) is 17.6 Å². The number of benzene rings is 1. The first-order chi connectivity index (χ1) is 9.75. The van der Waals surface area contributed by atoms with E-state index in [0.717, 1.165) is 17.7 Å². The van der Waals surface area contributed by atoms with Crippen molar-refractivity contribution in [1.82, 2.24) is 9.97 Å². The summed E-state index contributed by atoms with van der Waals surface area (Å²) in [5.41, 5.74) is 9.22. The van der Waals surface area contributed by atoms with Crippen LogP contribution in [-0.2, 0) is 11.8 Å². The zero-order valence-corrected chi connectivity index (χ0v) is 13.6. The number of nitrogens with two attached hydrogens (primary N) is 1. The molecule has 2 aromatic rings. The Bertz CT molecular complexity index is 607. The van der Waals surface area contributed by atoms with Crippen LogP contribution in [0.5, 0.6) is 0 Å². The standard InChI is InChI=1S/C18H25N3/c1-12(2)10-13-6-8-14(9-7-13)17-20-15(18(3,4)5)11-16(19)21-17/h6-9,11-12H,10H2,1-5H3,(H2,19,20,21). The van der Waals surface area contributed by atoms with Gasteiger partial charge in [-0.15, -0.1) is 0 Å². The van der Waals surface area contributed by atoms with Gasteiger partial charge in [0.15, 0.2) is 5.82 Å². The van der Waals surface area contributed by atoms with Crippen LogP contribution in [0.25, 0.3) is 11.4 Å². The molecule has 0 bridgehead atoms. The molecule has 0 aliphatic heterocycles. The average molecular weight is 283 g/mol. The van der Waals surface area contributed by atoms with Crippen LogP contribution in [0.15, 0.2) is 30.3 Å². The molecule has 3 heteroatoms. The molecule has 21 heavy (non-hydrogen) atoms. The lowest BCUT2D eigenvalue weighted by molar-refractivity contribution is 0.568. The van der Waals surface area contributed by atoms with Gasteiger partial charge in [0.25, 0.3) is 0 Å². The van der Waals surface area contributed by atoms with E-state index in [1.165, 1.54) is 5.56 Å². The predicted molar refractivity (Wildman–Crippen MR) is 89.1 cm³/mol. The Morgan fingerprint density at radius 1 is 1.05 bits per heavy atom. The maximum Gasteiger partial charge on any atom is 0.161 e. The molecule has 0 atom stereocenters. The molecule has 0 spiro atoms. The van der Waals surface area contributed by atoms with Crippen LogP contribution in [0.1, 0.15) is 45.9 Å². The summed E-state index contributed by atoms with van der Waals surface area (Å²) in [6, 6.07) is 10.3. The highest BCUT2D eigenvalue weighted by Crippen LogP contribution is 2.25. The number of anilines is 1. The van der Waals surface area contributed by atoms with Crippen LogP contribution >= 0.6 is 0 Å². The molecule has 0 saturated carbocycles. The molecule has 0 aliphatic carbocycles. The van der Waals surface area contributed by atoms with E-state index in [1.807, 2.05) is 6.07 Å². The zero-order chi connectivity index (χ0) is 15.6. The quantitative estimate of drug-likeness (QED) is 0.917. The molecule has 1 heterocycles. The van der Waals surface area contributed by atoms with Gasteiger partial charge >= 0.3 is 0 Å². The van der Waals surface area contributed by atoms with Gasteiger partial charge in [0.05, 0.1) is 5.69 Å². The Labute approximate surface area is 127 Å². The van der Waals surface area contributed by atoms with Gasteiger partial charge in [-0.25, -0.2) is 9.97 Å². The van der Waals surface area contributed by atoms with E-state index >= 15 is 0 Å². The minimum Gasteiger partial charge on any atom is -0.384 e. The molecule has 112 valence electrons. The van der Waals surface area contributed by atoms with Gasteiger partial charge in [-0.05, 0) is 17.9 Å². The Hall–Kier alpha value is -1.90. The second kappa shape index (κ2) is 5.84. The predicted octanol–water partition coefficient (Wildman–Crippen LogP) is 4.22. The van der Waals surface area contributed by atoms with Gasteiger partial charge in [0, 0.05) is 17.0 Å². The van der Waals surface area contributed by atoms with Gasteiger partial charge in [-0.3, -0.25) is 0 Å². The van der Waals surface area contributed by atoms with E-state index in [2.05, 4.69) is 68.9 Å². The Morgan fingerprint density at radius 3 is 2.19 bits per heavy atom. The first-order valence-corrected chi connectivity index (χ1v) is 7.50. The second-order valence-corrected chi connectivity index (χ2v) is 7.05. The summed E-state index contributed by atoms with van der Waals surface area (Å²) in [7, 11) is 0. The second-order valence-electron chi connectivity index (χ2n) is 7.05. The van der Waals surface area contributed by atoms with Crippen LogP contribution < -0.4 is 5.73 Å². The minimum absolute atomic E-state index is 0.0383. The number of nitrogens with zero attached hydrogens (tertiary/aromatic N) is 2. The highest BCUT2D eigenvalue weighted by Gasteiger charge is 2.17. The summed E-state index contributed by atoms with van der Waals surface area (Å²) in [6.45, 7) is 10.8. The third kappa shape index (κ3) is 4.03. The summed E-state index contributed by atoms with van der Waals surface area (Å²) in [5.74, 6) is 1.89. The molecular formula is C18H25N3. The topological polar surface area (TPSA) is 51.8 Å². The fraction of sp³-hybridized carbons (Fsp3) is 0.444. The summed E-state index contributed by atoms with van der Waals surface area (Å²) in [5, 5.41) is 0. The molecule has 0 radical (unpaired) electrons.